The Morgan fingerprint density at radius 1 is 1.11 bits per heavy atom. The summed E-state index contributed by atoms with van der Waals surface area (Å²) >= 11 is 3.45. The number of anilines is 1. The molecule has 5 rings (SSSR count). The summed E-state index contributed by atoms with van der Waals surface area (Å²) in [5, 5.41) is 3.03. The molecule has 28 heavy (non-hydrogen) atoms. The molecule has 1 fully saturated rings. The van der Waals surface area contributed by atoms with Gasteiger partial charge in [0, 0.05) is 40.2 Å². The average molecular weight is 433 g/mol. The van der Waals surface area contributed by atoms with Crippen molar-refractivity contribution in [2.24, 2.45) is 5.92 Å². The summed E-state index contributed by atoms with van der Waals surface area (Å²) in [6.07, 6.45) is 6.50. The van der Waals surface area contributed by atoms with Gasteiger partial charge in [0.15, 0.2) is 0 Å². The highest BCUT2D eigenvalue weighted by atomic mass is 79.9. The summed E-state index contributed by atoms with van der Waals surface area (Å²) in [5.41, 5.74) is 3.87. The molecule has 6 heteroatoms. The molecule has 2 aromatic carbocycles. The molecule has 2 aromatic heterocycles. The summed E-state index contributed by atoms with van der Waals surface area (Å²) in [6, 6.07) is 17.9. The van der Waals surface area contributed by atoms with Crippen molar-refractivity contribution in [2.45, 2.75) is 12.3 Å². The van der Waals surface area contributed by atoms with Gasteiger partial charge in [0.25, 0.3) is 0 Å². The molecular formula is C22H17BrN4O. The number of nitrogens with zero attached hydrogens (tertiary/aromatic N) is 3. The number of fused-ring (bicyclic) bond motifs is 1. The number of nitrogens with one attached hydrogen (secondary N) is 1. The predicted octanol–water partition coefficient (Wildman–Crippen LogP) is 4.90. The van der Waals surface area contributed by atoms with Gasteiger partial charge >= 0.3 is 0 Å². The third-order valence-electron chi connectivity index (χ3n) is 5.11. The zero-order chi connectivity index (χ0) is 19.1. The number of imidazole rings is 1. The van der Waals surface area contributed by atoms with E-state index in [4.69, 9.17) is 0 Å². The minimum absolute atomic E-state index is 0.0466. The SMILES string of the molecule is O=C(Nc1ccc(-c2cn3cccnc3n2)cc1)C1CC1c1ccc(Br)cc1. The Hall–Kier alpha value is -2.99. The predicted molar refractivity (Wildman–Crippen MR) is 112 cm³/mol. The molecule has 1 aliphatic rings. The van der Waals surface area contributed by atoms with Crippen LogP contribution in [0.5, 0.6) is 0 Å². The molecule has 0 bridgehead atoms. The third kappa shape index (κ3) is 3.31. The molecule has 1 saturated carbocycles. The van der Waals surface area contributed by atoms with Crippen molar-refractivity contribution < 1.29 is 4.79 Å². The van der Waals surface area contributed by atoms with Gasteiger partial charge in [-0.25, -0.2) is 9.97 Å². The Balaban J connectivity index is 1.26. The molecule has 2 unspecified atom stereocenters. The smallest absolute Gasteiger partial charge is 0.234 e. The van der Waals surface area contributed by atoms with E-state index < -0.39 is 0 Å². The molecule has 0 radical (unpaired) electrons. The number of carbonyl (C=O) groups excluding carboxylic acids is 1. The standard InChI is InChI=1S/C22H17BrN4O/c23-16-6-2-14(3-7-16)18-12-19(18)21(28)25-17-8-4-15(5-9-17)20-13-27-11-1-10-24-22(27)26-20/h1-11,13,18-19H,12H2,(H,25,28). The lowest BCUT2D eigenvalue weighted by Crippen LogP contribution is -2.14. The van der Waals surface area contributed by atoms with E-state index in [1.807, 2.05) is 59.3 Å². The highest BCUT2D eigenvalue weighted by Crippen LogP contribution is 2.48. The number of halogens is 1. The van der Waals surface area contributed by atoms with Gasteiger partial charge < -0.3 is 5.32 Å². The molecule has 1 N–H and O–H groups in total. The van der Waals surface area contributed by atoms with Gasteiger partial charge in [0.2, 0.25) is 11.7 Å². The van der Waals surface area contributed by atoms with Crippen LogP contribution in [0.4, 0.5) is 5.69 Å². The van der Waals surface area contributed by atoms with Crippen LogP contribution in [-0.4, -0.2) is 20.3 Å². The average Bonchev–Trinajstić information content (AvgIpc) is 3.40. The summed E-state index contributed by atoms with van der Waals surface area (Å²) in [6.45, 7) is 0. The van der Waals surface area contributed by atoms with E-state index >= 15 is 0 Å². The van der Waals surface area contributed by atoms with Crippen molar-refractivity contribution in [3.05, 3.63) is 83.2 Å². The molecule has 138 valence electrons. The zero-order valence-corrected chi connectivity index (χ0v) is 16.5. The van der Waals surface area contributed by atoms with E-state index in [2.05, 4.69) is 43.3 Å². The van der Waals surface area contributed by atoms with Crippen LogP contribution in [0.1, 0.15) is 17.9 Å². The molecule has 2 heterocycles. The molecule has 0 spiro atoms. The molecule has 0 aliphatic heterocycles. The fraction of sp³-hybridized carbons (Fsp3) is 0.136. The van der Waals surface area contributed by atoms with Crippen molar-refractivity contribution in [1.29, 1.82) is 0 Å². The molecule has 2 atom stereocenters. The number of carbonyl (C=O) groups is 1. The maximum Gasteiger partial charge on any atom is 0.234 e. The zero-order valence-electron chi connectivity index (χ0n) is 14.9. The van der Waals surface area contributed by atoms with E-state index in [1.165, 1.54) is 5.56 Å². The number of aromatic nitrogens is 3. The number of hydrogen-bond acceptors (Lipinski definition) is 3. The number of hydrogen-bond donors (Lipinski definition) is 1. The van der Waals surface area contributed by atoms with Crippen LogP contribution in [-0.2, 0) is 4.79 Å². The summed E-state index contributed by atoms with van der Waals surface area (Å²) in [4.78, 5) is 21.3. The Bertz CT molecular complexity index is 1120. The Kier molecular flexibility index (Phi) is 4.20. The van der Waals surface area contributed by atoms with E-state index in [1.54, 1.807) is 6.20 Å². The second-order valence-corrected chi connectivity index (χ2v) is 7.94. The van der Waals surface area contributed by atoms with Crippen molar-refractivity contribution in [3.8, 4) is 11.3 Å². The third-order valence-corrected chi connectivity index (χ3v) is 5.64. The molecule has 5 nitrogen and oxygen atoms in total. The van der Waals surface area contributed by atoms with E-state index in [-0.39, 0.29) is 11.8 Å². The van der Waals surface area contributed by atoms with Crippen LogP contribution in [0.15, 0.2) is 77.7 Å². The molecule has 0 saturated heterocycles. The van der Waals surface area contributed by atoms with E-state index in [0.29, 0.717) is 11.7 Å². The highest BCUT2D eigenvalue weighted by Gasteiger charge is 2.43. The normalized spacial score (nSPS) is 18.2. The van der Waals surface area contributed by atoms with E-state index in [9.17, 15) is 4.79 Å². The summed E-state index contributed by atoms with van der Waals surface area (Å²) < 4.78 is 2.94. The quantitative estimate of drug-likeness (QED) is 0.498. The summed E-state index contributed by atoms with van der Waals surface area (Å²) in [5.74, 6) is 1.11. The monoisotopic (exact) mass is 432 g/mol. The fourth-order valence-corrected chi connectivity index (χ4v) is 3.76. The van der Waals surface area contributed by atoms with E-state index in [0.717, 1.165) is 27.8 Å². The van der Waals surface area contributed by atoms with Crippen molar-refractivity contribution in [2.75, 3.05) is 5.32 Å². The van der Waals surface area contributed by atoms with Crippen LogP contribution in [0, 0.1) is 5.92 Å². The lowest BCUT2D eigenvalue weighted by molar-refractivity contribution is -0.117. The van der Waals surface area contributed by atoms with Gasteiger partial charge in [0.1, 0.15) is 0 Å². The van der Waals surface area contributed by atoms with Crippen molar-refractivity contribution in [3.63, 3.8) is 0 Å². The van der Waals surface area contributed by atoms with Gasteiger partial charge in [0.05, 0.1) is 5.69 Å². The molecular weight excluding hydrogens is 416 g/mol. The maximum absolute atomic E-state index is 12.6. The Morgan fingerprint density at radius 2 is 1.89 bits per heavy atom. The first-order valence-electron chi connectivity index (χ1n) is 9.14. The van der Waals surface area contributed by atoms with Gasteiger partial charge in [-0.05, 0) is 48.2 Å². The Labute approximate surface area is 170 Å². The minimum atomic E-state index is 0.0466. The van der Waals surface area contributed by atoms with Gasteiger partial charge in [-0.15, -0.1) is 0 Å². The van der Waals surface area contributed by atoms with Crippen molar-refractivity contribution >= 4 is 33.3 Å². The number of benzene rings is 2. The first kappa shape index (κ1) is 17.1. The minimum Gasteiger partial charge on any atom is -0.326 e. The van der Waals surface area contributed by atoms with Crippen molar-refractivity contribution in [1.82, 2.24) is 14.4 Å². The maximum atomic E-state index is 12.6. The van der Waals surface area contributed by atoms with Crippen LogP contribution in [0.3, 0.4) is 0 Å². The number of amides is 1. The van der Waals surface area contributed by atoms with Gasteiger partial charge in [-0.1, -0.05) is 40.2 Å². The first-order valence-corrected chi connectivity index (χ1v) is 9.93. The van der Waals surface area contributed by atoms with Crippen LogP contribution in [0.2, 0.25) is 0 Å². The van der Waals surface area contributed by atoms with Crippen LogP contribution < -0.4 is 5.32 Å². The van der Waals surface area contributed by atoms with Gasteiger partial charge in [-0.3, -0.25) is 9.20 Å². The van der Waals surface area contributed by atoms with Crippen LogP contribution >= 0.6 is 15.9 Å². The largest absolute Gasteiger partial charge is 0.326 e. The second kappa shape index (κ2) is 6.87. The first-order chi connectivity index (χ1) is 13.7. The highest BCUT2D eigenvalue weighted by molar-refractivity contribution is 9.10. The fourth-order valence-electron chi connectivity index (χ4n) is 3.49. The van der Waals surface area contributed by atoms with Gasteiger partial charge in [-0.2, -0.15) is 0 Å². The second-order valence-electron chi connectivity index (χ2n) is 7.02. The Morgan fingerprint density at radius 3 is 2.64 bits per heavy atom. The lowest BCUT2D eigenvalue weighted by Gasteiger charge is -2.06. The summed E-state index contributed by atoms with van der Waals surface area (Å²) in [7, 11) is 0. The lowest BCUT2D eigenvalue weighted by atomic mass is 10.1. The number of rotatable bonds is 4. The topological polar surface area (TPSA) is 59.3 Å². The molecule has 1 amide bonds. The molecule has 1 aliphatic carbocycles. The molecule has 4 aromatic rings. The van der Waals surface area contributed by atoms with Crippen LogP contribution in [0.25, 0.3) is 17.0 Å².